The maximum atomic E-state index is 13.1. The topological polar surface area (TPSA) is 95.3 Å². The number of fused-ring (bicyclic) bond motifs is 1. The predicted octanol–water partition coefficient (Wildman–Crippen LogP) is 5.67. The van der Waals surface area contributed by atoms with E-state index in [1.54, 1.807) is 50.1 Å². The first kappa shape index (κ1) is 29.5. The van der Waals surface area contributed by atoms with Crippen LogP contribution in [0.2, 0.25) is 0 Å². The number of carboxylic acid groups (broad SMARTS) is 1. The Morgan fingerprint density at radius 2 is 1.55 bits per heavy atom. The van der Waals surface area contributed by atoms with Crippen LogP contribution in [-0.2, 0) is 11.3 Å². The lowest BCUT2D eigenvalue weighted by atomic mass is 9.81. The van der Waals surface area contributed by atoms with Gasteiger partial charge in [0.2, 0.25) is 5.91 Å². The summed E-state index contributed by atoms with van der Waals surface area (Å²) in [5.41, 5.74) is 4.16. The van der Waals surface area contributed by atoms with Crippen LogP contribution in [0.25, 0.3) is 22.2 Å². The summed E-state index contributed by atoms with van der Waals surface area (Å²) in [5, 5.41) is 10.8. The van der Waals surface area contributed by atoms with Gasteiger partial charge >= 0.3 is 12.0 Å². The quantitative estimate of drug-likeness (QED) is 0.393. The Kier molecular flexibility index (Phi) is 8.75. The van der Waals surface area contributed by atoms with Crippen LogP contribution >= 0.6 is 0 Å². The van der Waals surface area contributed by atoms with Crippen molar-refractivity contribution in [3.05, 3.63) is 53.6 Å². The first-order chi connectivity index (χ1) is 20.1. The monoisotopic (exact) mass is 574 g/mol. The van der Waals surface area contributed by atoms with Crippen molar-refractivity contribution in [2.24, 2.45) is 0 Å². The molecule has 1 aromatic heterocycles. The summed E-state index contributed by atoms with van der Waals surface area (Å²) in [6.45, 7) is 1.46. The highest BCUT2D eigenvalue weighted by Crippen LogP contribution is 2.44. The Hall–Kier alpha value is -4.01. The first-order valence-electron chi connectivity index (χ1n) is 15.0. The van der Waals surface area contributed by atoms with E-state index in [0.29, 0.717) is 19.0 Å². The predicted molar refractivity (Wildman–Crippen MR) is 163 cm³/mol. The van der Waals surface area contributed by atoms with E-state index in [9.17, 15) is 19.5 Å². The number of amides is 3. The molecule has 9 heteroatoms. The number of piperidine rings is 1. The first-order valence-corrected chi connectivity index (χ1v) is 15.0. The second-order valence-corrected chi connectivity index (χ2v) is 12.0. The van der Waals surface area contributed by atoms with Crippen LogP contribution in [-0.4, -0.2) is 89.7 Å². The van der Waals surface area contributed by atoms with Crippen LogP contribution in [0.4, 0.5) is 4.79 Å². The van der Waals surface area contributed by atoms with Crippen molar-refractivity contribution in [3.63, 3.8) is 0 Å². The Bertz CT molecular complexity index is 1450. The van der Waals surface area contributed by atoms with Crippen LogP contribution in [0.5, 0.6) is 5.75 Å². The second kappa shape index (κ2) is 12.5. The zero-order valence-electron chi connectivity index (χ0n) is 25.1. The Balaban J connectivity index is 1.50. The number of rotatable bonds is 7. The average Bonchev–Trinajstić information content (AvgIpc) is 3.31. The molecule has 1 aliphatic carbocycles. The third kappa shape index (κ3) is 6.10. The maximum Gasteiger partial charge on any atom is 0.335 e. The maximum absolute atomic E-state index is 13.1. The molecule has 2 heterocycles. The number of likely N-dealkylation sites (N-methyl/N-ethyl adjacent to an activating group) is 1. The minimum absolute atomic E-state index is 0.0326. The number of carboxylic acids is 1. The molecule has 0 spiro atoms. The third-order valence-corrected chi connectivity index (χ3v) is 8.68. The van der Waals surface area contributed by atoms with Crippen LogP contribution < -0.4 is 4.74 Å². The fourth-order valence-electron chi connectivity index (χ4n) is 6.40. The highest BCUT2D eigenvalue weighted by atomic mass is 16.5. The highest BCUT2D eigenvalue weighted by Gasteiger charge is 2.29. The molecule has 0 atom stereocenters. The van der Waals surface area contributed by atoms with E-state index in [1.165, 1.54) is 12.0 Å². The number of nitrogens with zero attached hydrogens (tertiary/aromatic N) is 4. The molecule has 0 bridgehead atoms. The fourth-order valence-corrected chi connectivity index (χ4v) is 6.40. The number of likely N-dealkylation sites (tertiary alicyclic amines) is 1. The van der Waals surface area contributed by atoms with Gasteiger partial charge in [-0.3, -0.25) is 4.79 Å². The summed E-state index contributed by atoms with van der Waals surface area (Å²) in [5.74, 6) is 0.0788. The minimum Gasteiger partial charge on any atom is -0.490 e. The standard InChI is InChI=1S/C33H42N4O5/c1-34(2)29(38)21-37-28-20-24(32(39)40)12-15-27(28)30(22-8-6-5-7-9-22)31(37)23-10-13-25(14-11-23)42-26-16-18-36(19-17-26)33(41)35(3)4/h10-15,20,22,26H,5-9,16-19,21H2,1-4H3,(H,39,40). The Labute approximate surface area is 247 Å². The van der Waals surface area contributed by atoms with Gasteiger partial charge in [0.15, 0.2) is 0 Å². The van der Waals surface area contributed by atoms with Crippen LogP contribution in [0.3, 0.4) is 0 Å². The summed E-state index contributed by atoms with van der Waals surface area (Å²) in [6.07, 6.45) is 7.29. The van der Waals surface area contributed by atoms with E-state index in [1.807, 2.05) is 27.7 Å². The second-order valence-electron chi connectivity index (χ2n) is 12.0. The molecule has 3 aromatic rings. The number of hydrogen-bond acceptors (Lipinski definition) is 4. The molecular weight excluding hydrogens is 532 g/mol. The molecule has 1 N–H and O–H groups in total. The smallest absolute Gasteiger partial charge is 0.335 e. The van der Waals surface area contributed by atoms with Gasteiger partial charge in [-0.25, -0.2) is 9.59 Å². The Morgan fingerprint density at radius 1 is 0.881 bits per heavy atom. The van der Waals surface area contributed by atoms with Gasteiger partial charge in [0, 0.05) is 59.5 Å². The molecule has 5 rings (SSSR count). The van der Waals surface area contributed by atoms with Crippen LogP contribution in [0, 0.1) is 0 Å². The fraction of sp³-hybridized carbons (Fsp3) is 0.485. The van der Waals surface area contributed by atoms with Crippen molar-refractivity contribution in [2.45, 2.75) is 63.5 Å². The van der Waals surface area contributed by atoms with Gasteiger partial charge in [-0.1, -0.05) is 25.3 Å². The van der Waals surface area contributed by atoms with Gasteiger partial charge in [0.1, 0.15) is 18.4 Å². The number of carbonyl (C=O) groups is 3. The molecular formula is C33H42N4O5. The minimum atomic E-state index is -0.984. The molecule has 1 aliphatic heterocycles. The van der Waals surface area contributed by atoms with Crippen molar-refractivity contribution in [3.8, 4) is 17.0 Å². The molecule has 224 valence electrons. The SMILES string of the molecule is CN(C)C(=O)Cn1c(-c2ccc(OC3CCN(C(=O)N(C)C)CC3)cc2)c(C2CCCCC2)c2ccc(C(=O)O)cc21. The summed E-state index contributed by atoms with van der Waals surface area (Å²) in [4.78, 5) is 42.3. The van der Waals surface area contributed by atoms with Gasteiger partial charge in [0.25, 0.3) is 0 Å². The lowest BCUT2D eigenvalue weighted by molar-refractivity contribution is -0.129. The molecule has 0 unspecified atom stereocenters. The van der Waals surface area contributed by atoms with Crippen molar-refractivity contribution in [1.82, 2.24) is 19.3 Å². The highest BCUT2D eigenvalue weighted by molar-refractivity contribution is 5.99. The normalized spacial score (nSPS) is 16.4. The summed E-state index contributed by atoms with van der Waals surface area (Å²) in [7, 11) is 7.02. The average molecular weight is 575 g/mol. The number of aromatic carboxylic acids is 1. The van der Waals surface area contributed by atoms with E-state index < -0.39 is 5.97 Å². The van der Waals surface area contributed by atoms with Gasteiger partial charge < -0.3 is 29.1 Å². The molecule has 2 fully saturated rings. The largest absolute Gasteiger partial charge is 0.490 e. The van der Waals surface area contributed by atoms with Crippen molar-refractivity contribution < 1.29 is 24.2 Å². The lowest BCUT2D eigenvalue weighted by Crippen LogP contribution is -2.46. The van der Waals surface area contributed by atoms with Crippen molar-refractivity contribution >= 4 is 28.8 Å². The number of carbonyl (C=O) groups excluding carboxylic acids is 2. The molecule has 42 heavy (non-hydrogen) atoms. The van der Waals surface area contributed by atoms with Crippen LogP contribution in [0.15, 0.2) is 42.5 Å². The van der Waals surface area contributed by atoms with Gasteiger partial charge in [-0.15, -0.1) is 0 Å². The molecule has 2 aliphatic rings. The molecule has 2 aromatic carbocycles. The Morgan fingerprint density at radius 3 is 2.14 bits per heavy atom. The molecule has 3 amide bonds. The van der Waals surface area contributed by atoms with Crippen LogP contribution in [0.1, 0.15) is 66.8 Å². The summed E-state index contributed by atoms with van der Waals surface area (Å²) >= 11 is 0. The van der Waals surface area contributed by atoms with Gasteiger partial charge in [0.05, 0.1) is 16.8 Å². The lowest BCUT2D eigenvalue weighted by Gasteiger charge is -2.33. The van der Waals surface area contributed by atoms with Crippen molar-refractivity contribution in [1.29, 1.82) is 0 Å². The molecule has 1 saturated carbocycles. The number of aromatic nitrogens is 1. The summed E-state index contributed by atoms with van der Waals surface area (Å²) < 4.78 is 8.34. The van der Waals surface area contributed by atoms with E-state index in [2.05, 4.69) is 12.1 Å². The van der Waals surface area contributed by atoms with E-state index in [4.69, 9.17) is 4.74 Å². The third-order valence-electron chi connectivity index (χ3n) is 8.68. The summed E-state index contributed by atoms with van der Waals surface area (Å²) in [6, 6.07) is 13.4. The zero-order chi connectivity index (χ0) is 30.0. The number of urea groups is 1. The van der Waals surface area contributed by atoms with E-state index >= 15 is 0 Å². The molecule has 1 saturated heterocycles. The van der Waals surface area contributed by atoms with E-state index in [0.717, 1.165) is 66.4 Å². The number of benzene rings is 2. The zero-order valence-corrected chi connectivity index (χ0v) is 25.1. The van der Waals surface area contributed by atoms with Gasteiger partial charge in [-0.2, -0.15) is 0 Å². The molecule has 0 radical (unpaired) electrons. The number of ether oxygens (including phenoxy) is 1. The van der Waals surface area contributed by atoms with Crippen molar-refractivity contribution in [2.75, 3.05) is 41.3 Å². The van der Waals surface area contributed by atoms with Gasteiger partial charge in [-0.05, 0) is 66.3 Å². The number of hydrogen-bond donors (Lipinski definition) is 1. The molecule has 9 nitrogen and oxygen atoms in total. The van der Waals surface area contributed by atoms with E-state index in [-0.39, 0.29) is 30.2 Å².